The van der Waals surface area contributed by atoms with Gasteiger partial charge >= 0.3 is 0 Å². The van der Waals surface area contributed by atoms with E-state index in [4.69, 9.17) is 17.3 Å². The maximum atomic E-state index is 11.9. The third-order valence-electron chi connectivity index (χ3n) is 2.46. The van der Waals surface area contributed by atoms with Crippen molar-refractivity contribution >= 4 is 35.0 Å². The van der Waals surface area contributed by atoms with Crippen molar-refractivity contribution in [3.05, 3.63) is 28.8 Å². The molecule has 0 saturated heterocycles. The number of hydrogen-bond donors (Lipinski definition) is 2. The molecular formula is C12H17ClN2OS. The van der Waals surface area contributed by atoms with Gasteiger partial charge in [0.25, 0.3) is 5.91 Å². The van der Waals surface area contributed by atoms with E-state index in [9.17, 15) is 4.79 Å². The molecular weight excluding hydrogens is 256 g/mol. The maximum Gasteiger partial charge on any atom is 0.251 e. The minimum Gasteiger partial charge on any atom is -0.398 e. The maximum absolute atomic E-state index is 11.9. The van der Waals surface area contributed by atoms with Crippen LogP contribution in [0.2, 0.25) is 5.02 Å². The number of benzene rings is 1. The number of hydrogen-bond acceptors (Lipinski definition) is 3. The molecule has 0 saturated carbocycles. The van der Waals surface area contributed by atoms with Crippen LogP contribution in [-0.4, -0.2) is 24.0 Å². The predicted molar refractivity (Wildman–Crippen MR) is 75.8 cm³/mol. The summed E-state index contributed by atoms with van der Waals surface area (Å²) in [5.74, 6) is 0.804. The van der Waals surface area contributed by atoms with Crippen LogP contribution in [-0.2, 0) is 0 Å². The van der Waals surface area contributed by atoms with Gasteiger partial charge in [0.05, 0.1) is 10.7 Å². The van der Waals surface area contributed by atoms with Gasteiger partial charge in [0.2, 0.25) is 0 Å². The Morgan fingerprint density at radius 2 is 2.29 bits per heavy atom. The molecule has 0 heterocycles. The first-order valence-corrected chi connectivity index (χ1v) is 7.20. The van der Waals surface area contributed by atoms with Crippen molar-refractivity contribution in [3.8, 4) is 0 Å². The molecule has 3 nitrogen and oxygen atoms in total. The Labute approximate surface area is 111 Å². The van der Waals surface area contributed by atoms with E-state index in [0.717, 1.165) is 12.2 Å². The van der Waals surface area contributed by atoms with Crippen molar-refractivity contribution in [2.24, 2.45) is 0 Å². The van der Waals surface area contributed by atoms with Gasteiger partial charge in [-0.25, -0.2) is 0 Å². The number of carbonyl (C=O) groups is 1. The summed E-state index contributed by atoms with van der Waals surface area (Å²) >= 11 is 7.60. The summed E-state index contributed by atoms with van der Waals surface area (Å²) in [6, 6.07) is 5.11. The number of halogens is 1. The van der Waals surface area contributed by atoms with Gasteiger partial charge in [0.1, 0.15) is 0 Å². The number of nitrogens with one attached hydrogen (secondary N) is 1. The number of carbonyl (C=O) groups excluding carboxylic acids is 1. The lowest BCUT2D eigenvalue weighted by molar-refractivity contribution is 0.0940. The molecule has 0 aliphatic carbocycles. The standard InChI is InChI=1S/C12H17ClN2OS/c1-3-9(7-17-2)15-12(16)8-4-5-11(14)10(13)6-8/h4-6,9H,3,7,14H2,1-2H3,(H,15,16). The second kappa shape index (κ2) is 6.77. The number of nitrogens with two attached hydrogens (primary N) is 1. The largest absolute Gasteiger partial charge is 0.398 e. The van der Waals surface area contributed by atoms with Crippen molar-refractivity contribution in [3.63, 3.8) is 0 Å². The number of thioether (sulfide) groups is 1. The minimum absolute atomic E-state index is 0.104. The normalized spacial score (nSPS) is 12.2. The third-order valence-corrected chi connectivity index (χ3v) is 3.52. The fourth-order valence-electron chi connectivity index (χ4n) is 1.40. The predicted octanol–water partition coefficient (Wildman–Crippen LogP) is 2.79. The van der Waals surface area contributed by atoms with Crippen LogP contribution < -0.4 is 11.1 Å². The van der Waals surface area contributed by atoms with E-state index in [-0.39, 0.29) is 11.9 Å². The van der Waals surface area contributed by atoms with Crippen LogP contribution in [0.5, 0.6) is 0 Å². The van der Waals surface area contributed by atoms with Crippen LogP contribution in [0.25, 0.3) is 0 Å². The highest BCUT2D eigenvalue weighted by Crippen LogP contribution is 2.19. The minimum atomic E-state index is -0.104. The fourth-order valence-corrected chi connectivity index (χ4v) is 2.30. The highest BCUT2D eigenvalue weighted by atomic mass is 35.5. The Bertz CT molecular complexity index is 398. The Kier molecular flexibility index (Phi) is 5.65. The van der Waals surface area contributed by atoms with E-state index < -0.39 is 0 Å². The summed E-state index contributed by atoms with van der Waals surface area (Å²) in [5, 5.41) is 3.38. The third kappa shape index (κ3) is 4.13. The summed E-state index contributed by atoms with van der Waals surface area (Å²) in [7, 11) is 0. The zero-order valence-electron chi connectivity index (χ0n) is 10.00. The van der Waals surface area contributed by atoms with Crippen LogP contribution >= 0.6 is 23.4 Å². The van der Waals surface area contributed by atoms with E-state index in [1.807, 2.05) is 6.26 Å². The van der Waals surface area contributed by atoms with Crippen molar-refractivity contribution in [1.29, 1.82) is 0 Å². The molecule has 1 aromatic carbocycles. The summed E-state index contributed by atoms with van der Waals surface area (Å²) in [6.45, 7) is 2.05. The SMILES string of the molecule is CCC(CSC)NC(=O)c1ccc(N)c(Cl)c1. The smallest absolute Gasteiger partial charge is 0.251 e. The van der Waals surface area contributed by atoms with Gasteiger partial charge in [-0.3, -0.25) is 4.79 Å². The second-order valence-corrected chi connectivity index (χ2v) is 5.09. The molecule has 0 spiro atoms. The van der Waals surface area contributed by atoms with Crippen LogP contribution in [0.15, 0.2) is 18.2 Å². The van der Waals surface area contributed by atoms with E-state index in [1.165, 1.54) is 0 Å². The molecule has 1 unspecified atom stereocenters. The van der Waals surface area contributed by atoms with Crippen molar-refractivity contribution in [1.82, 2.24) is 5.32 Å². The number of rotatable bonds is 5. The molecule has 1 rings (SSSR count). The zero-order valence-corrected chi connectivity index (χ0v) is 11.6. The number of amides is 1. The molecule has 17 heavy (non-hydrogen) atoms. The first-order valence-electron chi connectivity index (χ1n) is 5.43. The first-order chi connectivity index (χ1) is 8.08. The van der Waals surface area contributed by atoms with Gasteiger partial charge in [-0.2, -0.15) is 11.8 Å². The van der Waals surface area contributed by atoms with Gasteiger partial charge in [0, 0.05) is 17.4 Å². The van der Waals surface area contributed by atoms with Crippen molar-refractivity contribution < 1.29 is 4.79 Å². The Morgan fingerprint density at radius 3 is 2.82 bits per heavy atom. The molecule has 0 fully saturated rings. The summed E-state index contributed by atoms with van der Waals surface area (Å²) in [4.78, 5) is 11.9. The van der Waals surface area contributed by atoms with E-state index >= 15 is 0 Å². The zero-order chi connectivity index (χ0) is 12.8. The monoisotopic (exact) mass is 272 g/mol. The van der Waals surface area contributed by atoms with Gasteiger partial charge in [0.15, 0.2) is 0 Å². The van der Waals surface area contributed by atoms with Crippen LogP contribution in [0.4, 0.5) is 5.69 Å². The van der Waals surface area contributed by atoms with Crippen molar-refractivity contribution in [2.45, 2.75) is 19.4 Å². The molecule has 5 heteroatoms. The topological polar surface area (TPSA) is 55.1 Å². The Balaban J connectivity index is 2.72. The van der Waals surface area contributed by atoms with Crippen LogP contribution in [0, 0.1) is 0 Å². The lowest BCUT2D eigenvalue weighted by Crippen LogP contribution is -2.36. The molecule has 3 N–H and O–H groups in total. The molecule has 94 valence electrons. The number of nitrogen functional groups attached to an aromatic ring is 1. The first kappa shape index (κ1) is 14.2. The van der Waals surface area contributed by atoms with Gasteiger partial charge in [-0.1, -0.05) is 18.5 Å². The summed E-state index contributed by atoms with van der Waals surface area (Å²) in [6.07, 6.45) is 2.93. The molecule has 0 aliphatic rings. The lowest BCUT2D eigenvalue weighted by atomic mass is 10.1. The molecule has 1 aromatic rings. The highest BCUT2D eigenvalue weighted by molar-refractivity contribution is 7.98. The lowest BCUT2D eigenvalue weighted by Gasteiger charge is -2.15. The van der Waals surface area contributed by atoms with Gasteiger partial charge in [-0.05, 0) is 30.9 Å². The van der Waals surface area contributed by atoms with Crippen LogP contribution in [0.3, 0.4) is 0 Å². The molecule has 0 radical (unpaired) electrons. The quantitative estimate of drug-likeness (QED) is 0.811. The van der Waals surface area contributed by atoms with Gasteiger partial charge < -0.3 is 11.1 Å². The van der Waals surface area contributed by atoms with Crippen molar-refractivity contribution in [2.75, 3.05) is 17.7 Å². The summed E-state index contributed by atoms with van der Waals surface area (Å²) in [5.41, 5.74) is 6.63. The van der Waals surface area contributed by atoms with Gasteiger partial charge in [-0.15, -0.1) is 0 Å². The average molecular weight is 273 g/mol. The Morgan fingerprint density at radius 1 is 1.59 bits per heavy atom. The highest BCUT2D eigenvalue weighted by Gasteiger charge is 2.12. The number of anilines is 1. The van der Waals surface area contributed by atoms with E-state index in [2.05, 4.69) is 12.2 Å². The summed E-state index contributed by atoms with van der Waals surface area (Å²) < 4.78 is 0. The molecule has 0 aliphatic heterocycles. The van der Waals surface area contributed by atoms with E-state index in [1.54, 1.807) is 30.0 Å². The molecule has 1 atom stereocenters. The molecule has 1 amide bonds. The van der Waals surface area contributed by atoms with Crippen LogP contribution in [0.1, 0.15) is 23.7 Å². The Hall–Kier alpha value is -0.870. The molecule has 0 aromatic heterocycles. The van der Waals surface area contributed by atoms with E-state index in [0.29, 0.717) is 16.3 Å². The fraction of sp³-hybridized carbons (Fsp3) is 0.417. The average Bonchev–Trinajstić information content (AvgIpc) is 2.31. The molecule has 0 bridgehead atoms. The second-order valence-electron chi connectivity index (χ2n) is 3.77.